The van der Waals surface area contributed by atoms with Crippen molar-refractivity contribution in [1.82, 2.24) is 0 Å². The zero-order chi connectivity index (χ0) is 9.68. The molecule has 0 spiro atoms. The Morgan fingerprint density at radius 3 is 2.92 bits per heavy atom. The summed E-state index contributed by atoms with van der Waals surface area (Å²) < 4.78 is 5.19. The van der Waals surface area contributed by atoms with Crippen molar-refractivity contribution >= 4 is 6.21 Å². The van der Waals surface area contributed by atoms with Crippen LogP contribution in [0.5, 0.6) is 11.5 Å². The predicted octanol–water partition coefficient (Wildman–Crippen LogP) is 1.60. The number of hydrogen-bond donors (Lipinski definition) is 2. The quantitative estimate of drug-likeness (QED) is 0.423. The van der Waals surface area contributed by atoms with Crippen LogP contribution in [0.3, 0.4) is 0 Å². The Kier molecular flexibility index (Phi) is 3.14. The van der Waals surface area contributed by atoms with Gasteiger partial charge in [0, 0.05) is 5.56 Å². The minimum Gasteiger partial charge on any atom is -0.507 e. The van der Waals surface area contributed by atoms with E-state index in [1.165, 1.54) is 6.07 Å². The lowest BCUT2D eigenvalue weighted by molar-refractivity contribution is 0.321. The second-order valence-corrected chi connectivity index (χ2v) is 2.40. The van der Waals surface area contributed by atoms with Crippen molar-refractivity contribution in [2.45, 2.75) is 6.92 Å². The van der Waals surface area contributed by atoms with Crippen LogP contribution in [0.1, 0.15) is 12.5 Å². The van der Waals surface area contributed by atoms with E-state index in [4.69, 9.17) is 9.94 Å². The van der Waals surface area contributed by atoms with Crippen LogP contribution in [0, 0.1) is 0 Å². The third kappa shape index (κ3) is 2.37. The standard InChI is InChI=1S/C9H11NO3/c1-2-13-8-3-4-9(11)7(5-8)6-10-12/h3-6,11-12H,2H2,1H3/b10-6-. The summed E-state index contributed by atoms with van der Waals surface area (Å²) >= 11 is 0. The molecule has 4 heteroatoms. The number of ether oxygens (including phenoxy) is 1. The number of rotatable bonds is 3. The van der Waals surface area contributed by atoms with Crippen molar-refractivity contribution in [3.63, 3.8) is 0 Å². The van der Waals surface area contributed by atoms with Gasteiger partial charge in [-0.2, -0.15) is 0 Å². The minimum absolute atomic E-state index is 0.0567. The molecular weight excluding hydrogens is 170 g/mol. The number of oxime groups is 1. The first-order valence-corrected chi connectivity index (χ1v) is 3.91. The summed E-state index contributed by atoms with van der Waals surface area (Å²) in [4.78, 5) is 0. The van der Waals surface area contributed by atoms with E-state index in [2.05, 4.69) is 5.16 Å². The number of phenolic OH excluding ortho intramolecular Hbond substituents is 1. The van der Waals surface area contributed by atoms with Crippen molar-refractivity contribution in [3.8, 4) is 11.5 Å². The van der Waals surface area contributed by atoms with Crippen LogP contribution >= 0.6 is 0 Å². The molecule has 1 aromatic rings. The van der Waals surface area contributed by atoms with E-state index in [-0.39, 0.29) is 5.75 Å². The van der Waals surface area contributed by atoms with E-state index >= 15 is 0 Å². The highest BCUT2D eigenvalue weighted by atomic mass is 16.5. The third-order valence-corrected chi connectivity index (χ3v) is 1.51. The van der Waals surface area contributed by atoms with Gasteiger partial charge in [-0.1, -0.05) is 5.16 Å². The maximum Gasteiger partial charge on any atom is 0.124 e. The molecule has 0 aliphatic rings. The molecule has 0 saturated heterocycles. The molecule has 0 bridgehead atoms. The molecule has 1 rings (SSSR count). The van der Waals surface area contributed by atoms with Gasteiger partial charge in [0.25, 0.3) is 0 Å². The lowest BCUT2D eigenvalue weighted by Crippen LogP contribution is -1.92. The molecule has 0 saturated carbocycles. The fourth-order valence-corrected chi connectivity index (χ4v) is 0.955. The zero-order valence-corrected chi connectivity index (χ0v) is 7.27. The molecule has 0 atom stereocenters. The van der Waals surface area contributed by atoms with Crippen molar-refractivity contribution in [2.24, 2.45) is 5.16 Å². The van der Waals surface area contributed by atoms with Gasteiger partial charge in [0.05, 0.1) is 12.8 Å². The molecule has 0 aromatic heterocycles. The molecule has 0 amide bonds. The fraction of sp³-hybridized carbons (Fsp3) is 0.222. The molecule has 2 N–H and O–H groups in total. The normalized spacial score (nSPS) is 10.5. The van der Waals surface area contributed by atoms with Crippen LogP contribution in [-0.4, -0.2) is 23.1 Å². The first kappa shape index (κ1) is 9.38. The van der Waals surface area contributed by atoms with Gasteiger partial charge in [-0.3, -0.25) is 0 Å². The largest absolute Gasteiger partial charge is 0.507 e. The van der Waals surface area contributed by atoms with E-state index in [0.29, 0.717) is 17.9 Å². The average molecular weight is 181 g/mol. The molecule has 0 heterocycles. The van der Waals surface area contributed by atoms with E-state index in [1.54, 1.807) is 12.1 Å². The van der Waals surface area contributed by atoms with Crippen LogP contribution in [0.2, 0.25) is 0 Å². The van der Waals surface area contributed by atoms with Crippen molar-refractivity contribution < 1.29 is 15.1 Å². The number of phenols is 1. The molecule has 4 nitrogen and oxygen atoms in total. The first-order chi connectivity index (χ1) is 6.27. The molecular formula is C9H11NO3. The highest BCUT2D eigenvalue weighted by Crippen LogP contribution is 2.21. The number of hydrogen-bond acceptors (Lipinski definition) is 4. The van der Waals surface area contributed by atoms with Gasteiger partial charge < -0.3 is 15.1 Å². The van der Waals surface area contributed by atoms with E-state index in [0.717, 1.165) is 6.21 Å². The minimum atomic E-state index is 0.0567. The number of nitrogens with zero attached hydrogens (tertiary/aromatic N) is 1. The molecule has 70 valence electrons. The third-order valence-electron chi connectivity index (χ3n) is 1.51. The van der Waals surface area contributed by atoms with Gasteiger partial charge >= 0.3 is 0 Å². The predicted molar refractivity (Wildman–Crippen MR) is 48.7 cm³/mol. The van der Waals surface area contributed by atoms with Crippen molar-refractivity contribution in [2.75, 3.05) is 6.61 Å². The van der Waals surface area contributed by atoms with Gasteiger partial charge in [-0.25, -0.2) is 0 Å². The monoisotopic (exact) mass is 181 g/mol. The summed E-state index contributed by atoms with van der Waals surface area (Å²) in [7, 11) is 0. The second-order valence-electron chi connectivity index (χ2n) is 2.40. The Labute approximate surface area is 76.1 Å². The van der Waals surface area contributed by atoms with Gasteiger partial charge in [0.15, 0.2) is 0 Å². The van der Waals surface area contributed by atoms with Crippen LogP contribution in [0.4, 0.5) is 0 Å². The highest BCUT2D eigenvalue weighted by molar-refractivity contribution is 5.83. The molecule has 0 fully saturated rings. The lowest BCUT2D eigenvalue weighted by atomic mass is 10.2. The smallest absolute Gasteiger partial charge is 0.124 e. The molecule has 0 aliphatic carbocycles. The summed E-state index contributed by atoms with van der Waals surface area (Å²) in [5.41, 5.74) is 0.424. The zero-order valence-electron chi connectivity index (χ0n) is 7.27. The van der Waals surface area contributed by atoms with Crippen LogP contribution in [-0.2, 0) is 0 Å². The van der Waals surface area contributed by atoms with Crippen molar-refractivity contribution in [3.05, 3.63) is 23.8 Å². The summed E-state index contributed by atoms with van der Waals surface area (Å²) in [5.74, 6) is 0.691. The summed E-state index contributed by atoms with van der Waals surface area (Å²) in [6.07, 6.45) is 1.15. The number of benzene rings is 1. The van der Waals surface area contributed by atoms with Gasteiger partial charge in [-0.15, -0.1) is 0 Å². The Morgan fingerprint density at radius 2 is 2.31 bits per heavy atom. The van der Waals surface area contributed by atoms with Gasteiger partial charge in [0.2, 0.25) is 0 Å². The Morgan fingerprint density at radius 1 is 1.54 bits per heavy atom. The van der Waals surface area contributed by atoms with Crippen LogP contribution in [0.25, 0.3) is 0 Å². The number of aromatic hydroxyl groups is 1. The van der Waals surface area contributed by atoms with Gasteiger partial charge in [-0.05, 0) is 25.1 Å². The maximum atomic E-state index is 9.28. The SMILES string of the molecule is CCOc1ccc(O)c(/C=N\O)c1. The second kappa shape index (κ2) is 4.35. The van der Waals surface area contributed by atoms with Crippen LogP contribution < -0.4 is 4.74 Å². The van der Waals surface area contributed by atoms with Crippen molar-refractivity contribution in [1.29, 1.82) is 0 Å². The molecule has 0 radical (unpaired) electrons. The molecule has 1 aromatic carbocycles. The molecule has 0 unspecified atom stereocenters. The Bertz CT molecular complexity index is 310. The summed E-state index contributed by atoms with van der Waals surface area (Å²) in [6.45, 7) is 2.42. The fourth-order valence-electron chi connectivity index (χ4n) is 0.955. The topological polar surface area (TPSA) is 62.0 Å². The summed E-state index contributed by atoms with van der Waals surface area (Å²) in [6, 6.07) is 4.73. The van der Waals surface area contributed by atoms with E-state index < -0.39 is 0 Å². The Balaban J connectivity index is 2.96. The maximum absolute atomic E-state index is 9.28. The molecule has 13 heavy (non-hydrogen) atoms. The lowest BCUT2D eigenvalue weighted by Gasteiger charge is -2.04. The Hall–Kier alpha value is -1.71. The first-order valence-electron chi connectivity index (χ1n) is 3.91. The van der Waals surface area contributed by atoms with E-state index in [9.17, 15) is 5.11 Å². The van der Waals surface area contributed by atoms with E-state index in [1.807, 2.05) is 6.92 Å². The summed E-state index contributed by atoms with van der Waals surface area (Å²) in [5, 5.41) is 20.4. The highest BCUT2D eigenvalue weighted by Gasteiger charge is 2.00. The van der Waals surface area contributed by atoms with Gasteiger partial charge in [0.1, 0.15) is 11.5 Å². The molecule has 0 aliphatic heterocycles. The average Bonchev–Trinajstić information content (AvgIpc) is 2.12. The van der Waals surface area contributed by atoms with Crippen LogP contribution in [0.15, 0.2) is 23.4 Å².